The Kier molecular flexibility index (Phi) is 4.58. The first-order valence-corrected chi connectivity index (χ1v) is 6.33. The number of aliphatic hydroxyl groups excluding tert-OH is 1. The van der Waals surface area contributed by atoms with Crippen LogP contribution in [0.5, 0.6) is 5.75 Å². The highest BCUT2D eigenvalue weighted by Crippen LogP contribution is 2.32. The quantitative estimate of drug-likeness (QED) is 0.902. The molecule has 4 heteroatoms. The second-order valence-corrected chi connectivity index (χ2v) is 6.08. The third kappa shape index (κ3) is 3.44. The van der Waals surface area contributed by atoms with E-state index in [0.717, 1.165) is 15.8 Å². The van der Waals surface area contributed by atoms with Crippen molar-refractivity contribution in [1.82, 2.24) is 0 Å². The van der Waals surface area contributed by atoms with Crippen molar-refractivity contribution in [2.45, 2.75) is 32.9 Å². The minimum Gasteiger partial charge on any atom is -0.496 e. The van der Waals surface area contributed by atoms with Gasteiger partial charge in [-0.2, -0.15) is 0 Å². The molecule has 0 heterocycles. The Morgan fingerprint density at radius 2 is 1.94 bits per heavy atom. The largest absolute Gasteiger partial charge is 0.496 e. The van der Waals surface area contributed by atoms with Crippen molar-refractivity contribution in [2.24, 2.45) is 11.1 Å². The summed E-state index contributed by atoms with van der Waals surface area (Å²) in [5, 5.41) is 10.2. The van der Waals surface area contributed by atoms with E-state index in [1.54, 1.807) is 7.11 Å². The van der Waals surface area contributed by atoms with Crippen LogP contribution in [0.2, 0.25) is 0 Å². The highest BCUT2D eigenvalue weighted by Gasteiger charge is 2.29. The van der Waals surface area contributed by atoms with E-state index in [1.807, 2.05) is 39.0 Å². The summed E-state index contributed by atoms with van der Waals surface area (Å²) in [7, 11) is 1.61. The zero-order valence-corrected chi connectivity index (χ0v) is 12.3. The van der Waals surface area contributed by atoms with Gasteiger partial charge in [-0.1, -0.05) is 26.8 Å². The summed E-state index contributed by atoms with van der Waals surface area (Å²) in [4.78, 5) is 0. The summed E-state index contributed by atoms with van der Waals surface area (Å²) in [5.41, 5.74) is 6.72. The number of benzene rings is 1. The molecule has 0 aromatic heterocycles. The van der Waals surface area contributed by atoms with Crippen LogP contribution in [0.1, 0.15) is 32.4 Å². The van der Waals surface area contributed by atoms with Crippen molar-refractivity contribution >= 4 is 15.9 Å². The monoisotopic (exact) mass is 301 g/mol. The summed E-state index contributed by atoms with van der Waals surface area (Å²) < 4.78 is 6.00. The van der Waals surface area contributed by atoms with Crippen molar-refractivity contribution in [2.75, 3.05) is 7.11 Å². The van der Waals surface area contributed by atoms with Gasteiger partial charge in [-0.25, -0.2) is 0 Å². The van der Waals surface area contributed by atoms with E-state index < -0.39 is 12.1 Å². The number of rotatable bonds is 3. The maximum atomic E-state index is 10.2. The predicted molar refractivity (Wildman–Crippen MR) is 73.1 cm³/mol. The SMILES string of the molecule is COc1ccc([C@H](N)[C@H](O)C(C)(C)C)cc1Br. The zero-order chi connectivity index (χ0) is 13.2. The molecule has 0 aliphatic heterocycles. The average Bonchev–Trinajstić information content (AvgIpc) is 2.25. The van der Waals surface area contributed by atoms with Crippen molar-refractivity contribution in [3.05, 3.63) is 28.2 Å². The van der Waals surface area contributed by atoms with Gasteiger partial charge < -0.3 is 15.6 Å². The van der Waals surface area contributed by atoms with Crippen LogP contribution in [0.3, 0.4) is 0 Å². The van der Waals surface area contributed by atoms with E-state index in [1.165, 1.54) is 0 Å². The molecule has 3 N–H and O–H groups in total. The summed E-state index contributed by atoms with van der Waals surface area (Å²) in [6, 6.07) is 5.20. The van der Waals surface area contributed by atoms with Crippen molar-refractivity contribution < 1.29 is 9.84 Å². The van der Waals surface area contributed by atoms with Gasteiger partial charge in [0, 0.05) is 0 Å². The molecular formula is C13H20BrNO2. The molecule has 1 aromatic rings. The second-order valence-electron chi connectivity index (χ2n) is 5.23. The van der Waals surface area contributed by atoms with Crippen LogP contribution in [-0.4, -0.2) is 18.3 Å². The fourth-order valence-corrected chi connectivity index (χ4v) is 2.17. The lowest BCUT2D eigenvalue weighted by atomic mass is 9.82. The first-order valence-electron chi connectivity index (χ1n) is 5.54. The maximum Gasteiger partial charge on any atom is 0.133 e. The van der Waals surface area contributed by atoms with Gasteiger partial charge >= 0.3 is 0 Å². The fourth-order valence-electron chi connectivity index (χ4n) is 1.61. The van der Waals surface area contributed by atoms with Crippen LogP contribution >= 0.6 is 15.9 Å². The van der Waals surface area contributed by atoms with Gasteiger partial charge in [0.15, 0.2) is 0 Å². The molecule has 1 aromatic carbocycles. The third-order valence-corrected chi connectivity index (χ3v) is 3.41. The van der Waals surface area contributed by atoms with Crippen molar-refractivity contribution in [1.29, 1.82) is 0 Å². The Bertz CT molecular complexity index is 387. The number of aliphatic hydroxyl groups is 1. The Labute approximate surface area is 111 Å². The highest BCUT2D eigenvalue weighted by molar-refractivity contribution is 9.10. The molecule has 0 unspecified atom stereocenters. The van der Waals surface area contributed by atoms with Gasteiger partial charge in [0.05, 0.1) is 23.7 Å². The molecule has 96 valence electrons. The average molecular weight is 302 g/mol. The number of nitrogens with two attached hydrogens (primary N) is 1. The van der Waals surface area contributed by atoms with Crippen molar-refractivity contribution in [3.63, 3.8) is 0 Å². The van der Waals surface area contributed by atoms with Gasteiger partial charge in [-0.05, 0) is 39.0 Å². The number of hydrogen-bond acceptors (Lipinski definition) is 3. The summed E-state index contributed by atoms with van der Waals surface area (Å²) in [6.07, 6.45) is -0.595. The summed E-state index contributed by atoms with van der Waals surface area (Å²) in [5.74, 6) is 0.756. The molecule has 0 saturated heterocycles. The minimum absolute atomic E-state index is 0.244. The molecule has 3 nitrogen and oxygen atoms in total. The molecular weight excluding hydrogens is 282 g/mol. The number of ether oxygens (including phenoxy) is 1. The van der Waals surface area contributed by atoms with E-state index in [-0.39, 0.29) is 5.41 Å². The Hall–Kier alpha value is -0.580. The molecule has 0 aliphatic rings. The topological polar surface area (TPSA) is 55.5 Å². The molecule has 0 saturated carbocycles. The summed E-state index contributed by atoms with van der Waals surface area (Å²) >= 11 is 3.41. The second kappa shape index (κ2) is 5.38. The van der Waals surface area contributed by atoms with Gasteiger partial charge in [-0.15, -0.1) is 0 Å². The highest BCUT2D eigenvalue weighted by atomic mass is 79.9. The van der Waals surface area contributed by atoms with Crippen LogP contribution in [0.25, 0.3) is 0 Å². The van der Waals surface area contributed by atoms with Crippen LogP contribution in [0, 0.1) is 5.41 Å². The molecule has 2 atom stereocenters. The van der Waals surface area contributed by atoms with Crippen LogP contribution in [0.15, 0.2) is 22.7 Å². The smallest absolute Gasteiger partial charge is 0.133 e. The first kappa shape index (κ1) is 14.5. The molecule has 0 fully saturated rings. The van der Waals surface area contributed by atoms with E-state index in [0.29, 0.717) is 0 Å². The molecule has 0 aliphatic carbocycles. The molecule has 17 heavy (non-hydrogen) atoms. The van der Waals surface area contributed by atoms with Crippen LogP contribution in [-0.2, 0) is 0 Å². The molecule has 0 amide bonds. The zero-order valence-electron chi connectivity index (χ0n) is 10.7. The van der Waals surface area contributed by atoms with Gasteiger partial charge in [-0.3, -0.25) is 0 Å². The Balaban J connectivity index is 2.97. The van der Waals surface area contributed by atoms with Crippen LogP contribution in [0.4, 0.5) is 0 Å². The number of halogens is 1. The Morgan fingerprint density at radius 1 is 1.35 bits per heavy atom. The van der Waals surface area contributed by atoms with Crippen LogP contribution < -0.4 is 10.5 Å². The number of hydrogen-bond donors (Lipinski definition) is 2. The maximum absolute atomic E-state index is 10.2. The van der Waals surface area contributed by atoms with Gasteiger partial charge in [0.1, 0.15) is 5.75 Å². The third-order valence-electron chi connectivity index (χ3n) is 2.79. The summed E-state index contributed by atoms with van der Waals surface area (Å²) in [6.45, 7) is 5.91. The first-order chi connectivity index (χ1) is 7.77. The lowest BCUT2D eigenvalue weighted by Gasteiger charge is -2.31. The van der Waals surface area contributed by atoms with Gasteiger partial charge in [0.25, 0.3) is 0 Å². The standard InChI is InChI=1S/C13H20BrNO2/c1-13(2,3)12(16)11(15)8-5-6-10(17-4)9(14)7-8/h5-7,11-12,16H,15H2,1-4H3/t11-,12-/m0/s1. The molecule has 1 rings (SSSR count). The Morgan fingerprint density at radius 3 is 2.35 bits per heavy atom. The lowest BCUT2D eigenvalue weighted by molar-refractivity contribution is 0.0401. The lowest BCUT2D eigenvalue weighted by Crippen LogP contribution is -2.36. The van der Waals surface area contributed by atoms with E-state index in [2.05, 4.69) is 15.9 Å². The normalized spacial score (nSPS) is 15.5. The molecule has 0 spiro atoms. The minimum atomic E-state index is -0.595. The van der Waals surface area contributed by atoms with E-state index >= 15 is 0 Å². The number of methoxy groups -OCH3 is 1. The van der Waals surface area contributed by atoms with Gasteiger partial charge in [0.2, 0.25) is 0 Å². The fraction of sp³-hybridized carbons (Fsp3) is 0.538. The van der Waals surface area contributed by atoms with Crippen molar-refractivity contribution in [3.8, 4) is 5.75 Å². The predicted octanol–water partition coefficient (Wildman–Crippen LogP) is 2.86. The molecule has 0 bridgehead atoms. The van der Waals surface area contributed by atoms with E-state index in [4.69, 9.17) is 10.5 Å². The molecule has 0 radical (unpaired) electrons. The van der Waals surface area contributed by atoms with E-state index in [9.17, 15) is 5.11 Å².